The first-order chi connectivity index (χ1) is 12.5. The van der Waals surface area contributed by atoms with Crippen molar-refractivity contribution in [2.24, 2.45) is 5.92 Å². The third-order valence-electron chi connectivity index (χ3n) is 4.69. The highest BCUT2D eigenvalue weighted by atomic mass is 16.5. The van der Waals surface area contributed by atoms with Gasteiger partial charge in [0.05, 0.1) is 6.61 Å². The topological polar surface area (TPSA) is 66.8 Å². The Bertz CT molecular complexity index is 356. The molecule has 1 aliphatic heterocycles. The molecule has 1 unspecified atom stereocenters. The highest BCUT2D eigenvalue weighted by molar-refractivity contribution is 5.69. The van der Waals surface area contributed by atoms with E-state index in [-0.39, 0.29) is 5.97 Å². The fourth-order valence-corrected chi connectivity index (χ4v) is 3.27. The average Bonchev–Trinajstić information content (AvgIpc) is 2.58. The quantitative estimate of drug-likeness (QED) is 0.391. The van der Waals surface area contributed by atoms with Crippen LogP contribution in [0.1, 0.15) is 90.9 Å². The molecule has 26 heavy (non-hydrogen) atoms. The number of likely N-dealkylation sites (tertiary alicyclic amines) is 1. The molecule has 0 bridgehead atoms. The van der Waals surface area contributed by atoms with Crippen LogP contribution in [0.15, 0.2) is 0 Å². The summed E-state index contributed by atoms with van der Waals surface area (Å²) in [6.45, 7) is 6.22. The second kappa shape index (κ2) is 17.3. The molecule has 1 rings (SSSR count). The zero-order chi connectivity index (χ0) is 19.6. The average molecular weight is 372 g/mol. The number of aliphatic carboxylic acids is 1. The number of hydrogen-bond donors (Lipinski definition) is 1. The normalized spacial score (nSPS) is 17.3. The number of carbonyl (C=O) groups is 2. The van der Waals surface area contributed by atoms with Crippen LogP contribution < -0.4 is 0 Å². The first-order valence-corrected chi connectivity index (χ1v) is 10.5. The highest BCUT2D eigenvalue weighted by Gasteiger charge is 2.18. The van der Waals surface area contributed by atoms with E-state index < -0.39 is 5.97 Å². The largest absolute Gasteiger partial charge is 0.481 e. The van der Waals surface area contributed by atoms with Crippen LogP contribution >= 0.6 is 0 Å². The molecule has 0 aliphatic carbocycles. The Morgan fingerprint density at radius 2 is 1.58 bits per heavy atom. The fourth-order valence-electron chi connectivity index (χ4n) is 3.27. The summed E-state index contributed by atoms with van der Waals surface area (Å²) in [5.74, 6) is -0.276. The van der Waals surface area contributed by atoms with Gasteiger partial charge in [0.15, 0.2) is 0 Å². The van der Waals surface area contributed by atoms with Gasteiger partial charge in [0.1, 0.15) is 0 Å². The Kier molecular flexibility index (Phi) is 16.6. The molecule has 5 nitrogen and oxygen atoms in total. The maximum absolute atomic E-state index is 11.7. The van der Waals surface area contributed by atoms with Crippen molar-refractivity contribution in [1.29, 1.82) is 0 Å². The Morgan fingerprint density at radius 3 is 2.12 bits per heavy atom. The molecule has 154 valence electrons. The summed E-state index contributed by atoms with van der Waals surface area (Å²) in [5.41, 5.74) is 0. The lowest BCUT2D eigenvalue weighted by molar-refractivity contribution is -0.145. The second-order valence-corrected chi connectivity index (χ2v) is 7.55. The number of nitrogens with zero attached hydrogens (tertiary/aromatic N) is 1. The van der Waals surface area contributed by atoms with Gasteiger partial charge in [-0.05, 0) is 32.9 Å². The van der Waals surface area contributed by atoms with Crippen LogP contribution in [-0.4, -0.2) is 48.7 Å². The van der Waals surface area contributed by atoms with Crippen molar-refractivity contribution in [2.45, 2.75) is 90.9 Å². The summed E-state index contributed by atoms with van der Waals surface area (Å²) < 4.78 is 5.44. The first kappa shape index (κ1) is 24.9. The molecule has 0 spiro atoms. The third-order valence-corrected chi connectivity index (χ3v) is 4.69. The predicted molar refractivity (Wildman–Crippen MR) is 106 cm³/mol. The summed E-state index contributed by atoms with van der Waals surface area (Å²) in [7, 11) is 2.15. The van der Waals surface area contributed by atoms with Crippen molar-refractivity contribution >= 4 is 11.9 Å². The lowest BCUT2D eigenvalue weighted by Gasteiger charge is -2.29. The van der Waals surface area contributed by atoms with Gasteiger partial charge >= 0.3 is 5.97 Å². The zero-order valence-electron chi connectivity index (χ0n) is 17.3. The van der Waals surface area contributed by atoms with Crippen molar-refractivity contribution in [3.63, 3.8) is 0 Å². The SMILES string of the molecule is CC(=O)O.CCCCCCCCCCCC(=O)OCC1CCCN(C)C1. The Hall–Kier alpha value is -1.10. The number of unbranched alkanes of at least 4 members (excludes halogenated alkanes) is 8. The van der Waals surface area contributed by atoms with Crippen molar-refractivity contribution in [3.8, 4) is 0 Å². The van der Waals surface area contributed by atoms with Gasteiger partial charge in [0.25, 0.3) is 5.97 Å². The molecule has 1 saturated heterocycles. The lowest BCUT2D eigenvalue weighted by Crippen LogP contribution is -2.34. The predicted octanol–water partition coefficient (Wildman–Crippen LogP) is 4.88. The second-order valence-electron chi connectivity index (χ2n) is 7.55. The monoisotopic (exact) mass is 371 g/mol. The van der Waals surface area contributed by atoms with Crippen molar-refractivity contribution in [2.75, 3.05) is 26.7 Å². The maximum atomic E-state index is 11.7. The Labute approximate surface area is 160 Å². The number of carbonyl (C=O) groups excluding carboxylic acids is 1. The van der Waals surface area contributed by atoms with Gasteiger partial charge in [-0.2, -0.15) is 0 Å². The van der Waals surface area contributed by atoms with Crippen LogP contribution in [-0.2, 0) is 14.3 Å². The van der Waals surface area contributed by atoms with E-state index in [1.165, 1.54) is 70.8 Å². The summed E-state index contributed by atoms with van der Waals surface area (Å²) >= 11 is 0. The number of piperidine rings is 1. The van der Waals surface area contributed by atoms with E-state index in [0.717, 1.165) is 19.9 Å². The maximum Gasteiger partial charge on any atom is 0.305 e. The lowest BCUT2D eigenvalue weighted by atomic mass is 10.00. The Balaban J connectivity index is 0.00000141. The van der Waals surface area contributed by atoms with Crippen molar-refractivity contribution in [3.05, 3.63) is 0 Å². The Morgan fingerprint density at radius 1 is 1.04 bits per heavy atom. The molecule has 0 saturated carbocycles. The van der Waals surface area contributed by atoms with Crippen molar-refractivity contribution in [1.82, 2.24) is 4.90 Å². The summed E-state index contributed by atoms with van der Waals surface area (Å²) in [4.78, 5) is 23.1. The number of hydrogen-bond acceptors (Lipinski definition) is 4. The smallest absolute Gasteiger partial charge is 0.305 e. The van der Waals surface area contributed by atoms with Gasteiger partial charge in [-0.1, -0.05) is 58.3 Å². The summed E-state index contributed by atoms with van der Waals surface area (Å²) in [6.07, 6.45) is 14.6. The van der Waals surface area contributed by atoms with E-state index in [2.05, 4.69) is 18.9 Å². The molecule has 0 radical (unpaired) electrons. The molecule has 1 N–H and O–H groups in total. The minimum Gasteiger partial charge on any atom is -0.481 e. The summed E-state index contributed by atoms with van der Waals surface area (Å²) in [6, 6.07) is 0. The minimum atomic E-state index is -0.833. The van der Waals surface area contributed by atoms with Crippen LogP contribution in [0.3, 0.4) is 0 Å². The molecule has 1 atom stereocenters. The molecule has 1 fully saturated rings. The van der Waals surface area contributed by atoms with Gasteiger partial charge in [-0.25, -0.2) is 0 Å². The molecule has 0 aromatic heterocycles. The zero-order valence-corrected chi connectivity index (χ0v) is 17.3. The van der Waals surface area contributed by atoms with Crippen molar-refractivity contribution < 1.29 is 19.4 Å². The van der Waals surface area contributed by atoms with E-state index in [0.29, 0.717) is 18.9 Å². The van der Waals surface area contributed by atoms with Crippen LogP contribution in [0.5, 0.6) is 0 Å². The molecule has 0 amide bonds. The molecule has 1 heterocycles. The number of ether oxygens (including phenoxy) is 1. The van der Waals surface area contributed by atoms with Gasteiger partial charge in [0, 0.05) is 25.8 Å². The molecule has 0 aromatic rings. The van der Waals surface area contributed by atoms with Crippen LogP contribution in [0.2, 0.25) is 0 Å². The highest BCUT2D eigenvalue weighted by Crippen LogP contribution is 2.16. The number of carboxylic acid groups (broad SMARTS) is 1. The number of carboxylic acids is 1. The standard InChI is InChI=1S/C19H37NO2.C2H4O2/c1-3-4-5-6-7-8-9-10-11-14-19(21)22-17-18-13-12-15-20(2)16-18;1-2(3)4/h18H,3-17H2,1-2H3;1H3,(H,3,4). The minimum absolute atomic E-state index is 0.0103. The van der Waals surface area contributed by atoms with Crippen LogP contribution in [0.4, 0.5) is 0 Å². The molecular weight excluding hydrogens is 330 g/mol. The molecule has 5 heteroatoms. The molecular formula is C21H41NO4. The van der Waals surface area contributed by atoms with E-state index >= 15 is 0 Å². The third kappa shape index (κ3) is 17.7. The fraction of sp³-hybridized carbons (Fsp3) is 0.905. The van der Waals surface area contributed by atoms with Gasteiger partial charge in [0.2, 0.25) is 0 Å². The van der Waals surface area contributed by atoms with E-state index in [1.807, 2.05) is 0 Å². The first-order valence-electron chi connectivity index (χ1n) is 10.5. The van der Waals surface area contributed by atoms with E-state index in [9.17, 15) is 4.79 Å². The summed E-state index contributed by atoms with van der Waals surface area (Å²) in [5, 5.41) is 7.42. The van der Waals surface area contributed by atoms with E-state index in [1.54, 1.807) is 0 Å². The van der Waals surface area contributed by atoms with Gasteiger partial charge in [-0.3, -0.25) is 9.59 Å². The van der Waals surface area contributed by atoms with Gasteiger partial charge in [-0.15, -0.1) is 0 Å². The number of esters is 1. The van der Waals surface area contributed by atoms with Crippen LogP contribution in [0.25, 0.3) is 0 Å². The molecule has 1 aliphatic rings. The number of rotatable bonds is 12. The van der Waals surface area contributed by atoms with E-state index in [4.69, 9.17) is 14.6 Å². The van der Waals surface area contributed by atoms with Crippen LogP contribution in [0, 0.1) is 5.92 Å². The van der Waals surface area contributed by atoms with Gasteiger partial charge < -0.3 is 14.7 Å². The molecule has 0 aromatic carbocycles.